The molecule has 1 rings (SSSR count). The Kier molecular flexibility index (Phi) is 4.01. The van der Waals surface area contributed by atoms with Gasteiger partial charge in [0.05, 0.1) is 6.61 Å². The number of aliphatic hydroxyl groups is 1. The maximum Gasteiger partial charge on any atom is 0.320 e. The average molecular weight is 217 g/mol. The standard InChI is InChI=1S/C8H15N3O4/c9-5(3-12)7(13)11-4-1-6(8(14)15)10-2-4/h4-6,10,12H,1-3,9H2,(H,11,13)(H,14,15). The van der Waals surface area contributed by atoms with Crippen LogP contribution in [0.2, 0.25) is 0 Å². The van der Waals surface area contributed by atoms with Gasteiger partial charge in [0, 0.05) is 12.6 Å². The number of carboxylic acid groups (broad SMARTS) is 1. The highest BCUT2D eigenvalue weighted by atomic mass is 16.4. The van der Waals surface area contributed by atoms with Gasteiger partial charge in [0.25, 0.3) is 0 Å². The Bertz CT molecular complexity index is 258. The maximum atomic E-state index is 11.2. The van der Waals surface area contributed by atoms with Gasteiger partial charge in [-0.2, -0.15) is 0 Å². The van der Waals surface area contributed by atoms with Crippen LogP contribution in [0.15, 0.2) is 0 Å². The number of aliphatic carboxylic acids is 1. The fourth-order valence-electron chi connectivity index (χ4n) is 1.42. The van der Waals surface area contributed by atoms with Crippen molar-refractivity contribution in [2.75, 3.05) is 13.2 Å². The van der Waals surface area contributed by atoms with Crippen molar-refractivity contribution in [1.82, 2.24) is 10.6 Å². The quantitative estimate of drug-likeness (QED) is 0.347. The Hall–Kier alpha value is -1.18. The highest BCUT2D eigenvalue weighted by Gasteiger charge is 2.30. The predicted molar refractivity (Wildman–Crippen MR) is 51.0 cm³/mol. The molecule has 1 aliphatic rings. The van der Waals surface area contributed by atoms with Crippen molar-refractivity contribution in [3.8, 4) is 0 Å². The summed E-state index contributed by atoms with van der Waals surface area (Å²) in [6.45, 7) is -0.0187. The van der Waals surface area contributed by atoms with Crippen LogP contribution in [0.1, 0.15) is 6.42 Å². The van der Waals surface area contributed by atoms with Crippen molar-refractivity contribution in [1.29, 1.82) is 0 Å². The third-order valence-electron chi connectivity index (χ3n) is 2.31. The molecular weight excluding hydrogens is 202 g/mol. The van der Waals surface area contributed by atoms with Crippen molar-refractivity contribution in [3.05, 3.63) is 0 Å². The van der Waals surface area contributed by atoms with Crippen molar-refractivity contribution in [3.63, 3.8) is 0 Å². The number of carboxylic acids is 1. The number of amides is 1. The predicted octanol–water partition coefficient (Wildman–Crippen LogP) is -2.76. The largest absolute Gasteiger partial charge is 0.480 e. The van der Waals surface area contributed by atoms with Gasteiger partial charge in [-0.25, -0.2) is 0 Å². The van der Waals surface area contributed by atoms with Gasteiger partial charge >= 0.3 is 5.97 Å². The molecule has 0 spiro atoms. The summed E-state index contributed by atoms with van der Waals surface area (Å²) in [5.41, 5.74) is 5.29. The van der Waals surface area contributed by atoms with E-state index < -0.39 is 30.6 Å². The van der Waals surface area contributed by atoms with Crippen LogP contribution in [0, 0.1) is 0 Å². The molecule has 0 aromatic rings. The second-order valence-electron chi connectivity index (χ2n) is 3.53. The Balaban J connectivity index is 2.36. The third-order valence-corrected chi connectivity index (χ3v) is 2.31. The first-order valence-electron chi connectivity index (χ1n) is 4.67. The number of nitrogens with two attached hydrogens (primary N) is 1. The van der Waals surface area contributed by atoms with Crippen LogP contribution in [-0.2, 0) is 9.59 Å². The molecule has 0 aliphatic carbocycles. The second-order valence-corrected chi connectivity index (χ2v) is 3.53. The van der Waals surface area contributed by atoms with Crippen molar-refractivity contribution in [2.24, 2.45) is 5.73 Å². The molecule has 0 aromatic carbocycles. The molecule has 7 nitrogen and oxygen atoms in total. The summed E-state index contributed by atoms with van der Waals surface area (Å²) in [5.74, 6) is -1.39. The minimum atomic E-state index is -0.950. The zero-order valence-corrected chi connectivity index (χ0v) is 8.14. The van der Waals surface area contributed by atoms with E-state index >= 15 is 0 Å². The first kappa shape index (κ1) is 11.9. The molecule has 15 heavy (non-hydrogen) atoms. The number of nitrogens with one attached hydrogen (secondary N) is 2. The Morgan fingerprint density at radius 3 is 2.73 bits per heavy atom. The molecule has 1 heterocycles. The van der Waals surface area contributed by atoms with E-state index in [9.17, 15) is 9.59 Å². The van der Waals surface area contributed by atoms with E-state index in [4.69, 9.17) is 15.9 Å². The first-order chi connectivity index (χ1) is 7.04. The molecule has 1 amide bonds. The molecule has 0 radical (unpaired) electrons. The number of carbonyl (C=O) groups excluding carboxylic acids is 1. The van der Waals surface area contributed by atoms with Gasteiger partial charge in [-0.15, -0.1) is 0 Å². The molecule has 6 N–H and O–H groups in total. The topological polar surface area (TPSA) is 125 Å². The molecule has 7 heteroatoms. The van der Waals surface area contributed by atoms with Crippen LogP contribution in [0.5, 0.6) is 0 Å². The highest BCUT2D eigenvalue weighted by Crippen LogP contribution is 2.06. The zero-order chi connectivity index (χ0) is 11.4. The minimum Gasteiger partial charge on any atom is -0.480 e. The van der Waals surface area contributed by atoms with Crippen LogP contribution in [0.25, 0.3) is 0 Å². The van der Waals surface area contributed by atoms with Crippen molar-refractivity contribution < 1.29 is 19.8 Å². The summed E-state index contributed by atoms with van der Waals surface area (Å²) in [6.07, 6.45) is 0.333. The molecule has 0 aromatic heterocycles. The lowest BCUT2D eigenvalue weighted by molar-refractivity contribution is -0.139. The molecular formula is C8H15N3O4. The lowest BCUT2D eigenvalue weighted by Gasteiger charge is -2.14. The van der Waals surface area contributed by atoms with Gasteiger partial charge in [-0.05, 0) is 6.42 Å². The SMILES string of the molecule is NC(CO)C(=O)NC1CNC(C(=O)O)C1. The van der Waals surface area contributed by atoms with E-state index in [1.165, 1.54) is 0 Å². The Morgan fingerprint density at radius 1 is 1.60 bits per heavy atom. The molecule has 1 aliphatic heterocycles. The summed E-state index contributed by atoms with van der Waals surface area (Å²) in [5, 5.41) is 22.6. The summed E-state index contributed by atoms with van der Waals surface area (Å²) in [6, 6.07) is -1.81. The van der Waals surface area contributed by atoms with Gasteiger partial charge in [-0.1, -0.05) is 0 Å². The van der Waals surface area contributed by atoms with Crippen LogP contribution in [0.3, 0.4) is 0 Å². The van der Waals surface area contributed by atoms with E-state index in [0.717, 1.165) is 0 Å². The van der Waals surface area contributed by atoms with Crippen molar-refractivity contribution in [2.45, 2.75) is 24.5 Å². The fourth-order valence-corrected chi connectivity index (χ4v) is 1.42. The van der Waals surface area contributed by atoms with E-state index in [-0.39, 0.29) is 6.04 Å². The maximum absolute atomic E-state index is 11.2. The van der Waals surface area contributed by atoms with Crippen LogP contribution in [-0.4, -0.2) is 53.4 Å². The summed E-state index contributed by atoms with van der Waals surface area (Å²) >= 11 is 0. The molecule has 3 unspecified atom stereocenters. The summed E-state index contributed by atoms with van der Waals surface area (Å²) < 4.78 is 0. The zero-order valence-electron chi connectivity index (χ0n) is 8.14. The molecule has 3 atom stereocenters. The fraction of sp³-hybridized carbons (Fsp3) is 0.750. The van der Waals surface area contributed by atoms with Gasteiger partial charge in [0.2, 0.25) is 5.91 Å². The normalized spacial score (nSPS) is 27.3. The number of carbonyl (C=O) groups is 2. The number of hydrogen-bond donors (Lipinski definition) is 5. The Morgan fingerprint density at radius 2 is 2.27 bits per heavy atom. The smallest absolute Gasteiger partial charge is 0.320 e. The van der Waals surface area contributed by atoms with Crippen LogP contribution < -0.4 is 16.4 Å². The lowest BCUT2D eigenvalue weighted by atomic mass is 10.1. The van der Waals surface area contributed by atoms with Gasteiger partial charge in [-0.3, -0.25) is 9.59 Å². The number of hydrogen-bond acceptors (Lipinski definition) is 5. The van der Waals surface area contributed by atoms with E-state index in [1.807, 2.05) is 0 Å². The average Bonchev–Trinajstić information content (AvgIpc) is 2.65. The highest BCUT2D eigenvalue weighted by molar-refractivity contribution is 5.82. The van der Waals surface area contributed by atoms with Crippen LogP contribution in [0.4, 0.5) is 0 Å². The van der Waals surface area contributed by atoms with Crippen LogP contribution >= 0.6 is 0 Å². The number of rotatable bonds is 4. The van der Waals surface area contributed by atoms with Crippen molar-refractivity contribution >= 4 is 11.9 Å². The third kappa shape index (κ3) is 3.15. The summed E-state index contributed by atoms with van der Waals surface area (Å²) in [7, 11) is 0. The van der Waals surface area contributed by atoms with Gasteiger partial charge in [0.1, 0.15) is 12.1 Å². The second kappa shape index (κ2) is 5.06. The van der Waals surface area contributed by atoms with E-state index in [2.05, 4.69) is 10.6 Å². The summed E-state index contributed by atoms with van der Waals surface area (Å²) in [4.78, 5) is 21.8. The van der Waals surface area contributed by atoms with E-state index in [0.29, 0.717) is 13.0 Å². The Labute approximate surface area is 86.6 Å². The van der Waals surface area contributed by atoms with Gasteiger partial charge < -0.3 is 26.6 Å². The molecule has 0 saturated carbocycles. The van der Waals surface area contributed by atoms with E-state index in [1.54, 1.807) is 0 Å². The molecule has 86 valence electrons. The minimum absolute atomic E-state index is 0.240. The molecule has 1 saturated heterocycles. The van der Waals surface area contributed by atoms with Gasteiger partial charge in [0.15, 0.2) is 0 Å². The monoisotopic (exact) mass is 217 g/mol. The molecule has 1 fully saturated rings. The number of aliphatic hydroxyl groups excluding tert-OH is 1. The first-order valence-corrected chi connectivity index (χ1v) is 4.67. The lowest BCUT2D eigenvalue weighted by Crippen LogP contribution is -2.47. The molecule has 0 bridgehead atoms.